The number of hydrogen-bond acceptors (Lipinski definition) is 5. The molecule has 28 heavy (non-hydrogen) atoms. The van der Waals surface area contributed by atoms with E-state index in [-0.39, 0.29) is 11.5 Å². The minimum absolute atomic E-state index is 0.0682. The summed E-state index contributed by atoms with van der Waals surface area (Å²) in [4.78, 5) is 28.5. The summed E-state index contributed by atoms with van der Waals surface area (Å²) in [6.07, 6.45) is 7.84. The van der Waals surface area contributed by atoms with Gasteiger partial charge in [-0.2, -0.15) is 5.10 Å². The Balaban J connectivity index is 1.33. The lowest BCUT2D eigenvalue weighted by atomic mass is 9.96. The standard InChI is InChI=1S/C20H28N6O2/c1-16(27)24-10-2-4-18(24)15-23-12-7-17(8-13-23)14-26-20(28)6-5-19(22-26)25-11-3-9-21-25/h3,5-6,9,11,17-18H,2,4,7-8,10,12-15H2,1H3. The Morgan fingerprint density at radius 1 is 1.14 bits per heavy atom. The molecule has 2 aromatic heterocycles. The number of carbonyl (C=O) groups is 1. The van der Waals surface area contributed by atoms with Crippen molar-refractivity contribution in [3.63, 3.8) is 0 Å². The van der Waals surface area contributed by atoms with E-state index in [1.54, 1.807) is 34.6 Å². The van der Waals surface area contributed by atoms with Crippen LogP contribution in [-0.4, -0.2) is 67.5 Å². The molecule has 1 amide bonds. The van der Waals surface area contributed by atoms with Crippen LogP contribution in [0.15, 0.2) is 35.4 Å². The van der Waals surface area contributed by atoms with Crippen molar-refractivity contribution < 1.29 is 4.79 Å². The van der Waals surface area contributed by atoms with E-state index in [0.717, 1.165) is 51.9 Å². The lowest BCUT2D eigenvalue weighted by molar-refractivity contribution is -0.130. The molecule has 0 spiro atoms. The normalized spacial score (nSPS) is 21.3. The minimum Gasteiger partial charge on any atom is -0.339 e. The first-order valence-corrected chi connectivity index (χ1v) is 10.2. The van der Waals surface area contributed by atoms with Gasteiger partial charge >= 0.3 is 0 Å². The second kappa shape index (κ2) is 8.26. The number of aromatic nitrogens is 4. The molecule has 0 radical (unpaired) electrons. The van der Waals surface area contributed by atoms with Gasteiger partial charge in [-0.25, -0.2) is 9.36 Å². The third-order valence-corrected chi connectivity index (χ3v) is 5.98. The molecule has 0 bridgehead atoms. The molecule has 2 fully saturated rings. The zero-order valence-electron chi connectivity index (χ0n) is 16.4. The van der Waals surface area contributed by atoms with Crippen LogP contribution in [0.2, 0.25) is 0 Å². The van der Waals surface area contributed by atoms with Crippen LogP contribution >= 0.6 is 0 Å². The van der Waals surface area contributed by atoms with E-state index < -0.39 is 0 Å². The number of likely N-dealkylation sites (tertiary alicyclic amines) is 2. The Bertz CT molecular complexity index is 854. The van der Waals surface area contributed by atoms with Crippen molar-refractivity contribution in [3.8, 4) is 5.82 Å². The predicted octanol–water partition coefficient (Wildman–Crippen LogP) is 1.15. The number of carbonyl (C=O) groups excluding carboxylic acids is 1. The fraction of sp³-hybridized carbons (Fsp3) is 0.600. The summed E-state index contributed by atoms with van der Waals surface area (Å²) in [6.45, 7) is 6.22. The maximum Gasteiger partial charge on any atom is 0.266 e. The molecule has 4 rings (SSSR count). The van der Waals surface area contributed by atoms with Gasteiger partial charge in [0, 0.05) is 51.1 Å². The predicted molar refractivity (Wildman–Crippen MR) is 105 cm³/mol. The first kappa shape index (κ1) is 18.9. The lowest BCUT2D eigenvalue weighted by Crippen LogP contribution is -2.45. The van der Waals surface area contributed by atoms with Crippen LogP contribution in [0.3, 0.4) is 0 Å². The summed E-state index contributed by atoms with van der Waals surface area (Å²) in [6, 6.07) is 5.47. The molecule has 1 atom stereocenters. The molecule has 8 nitrogen and oxygen atoms in total. The van der Waals surface area contributed by atoms with Gasteiger partial charge in [0.25, 0.3) is 5.56 Å². The van der Waals surface area contributed by atoms with E-state index in [1.807, 2.05) is 17.2 Å². The Morgan fingerprint density at radius 2 is 1.96 bits per heavy atom. The van der Waals surface area contributed by atoms with Gasteiger partial charge in [0.05, 0.1) is 0 Å². The highest BCUT2D eigenvalue weighted by Crippen LogP contribution is 2.23. The van der Waals surface area contributed by atoms with Crippen LogP contribution in [0.25, 0.3) is 5.82 Å². The third kappa shape index (κ3) is 4.16. The largest absolute Gasteiger partial charge is 0.339 e. The molecule has 0 N–H and O–H groups in total. The zero-order chi connectivity index (χ0) is 19.5. The molecule has 4 heterocycles. The smallest absolute Gasteiger partial charge is 0.266 e. The molecule has 2 aliphatic heterocycles. The van der Waals surface area contributed by atoms with Crippen molar-refractivity contribution in [2.24, 2.45) is 5.92 Å². The molecule has 0 aliphatic carbocycles. The van der Waals surface area contributed by atoms with Crippen LogP contribution in [-0.2, 0) is 11.3 Å². The van der Waals surface area contributed by atoms with E-state index in [4.69, 9.17) is 0 Å². The van der Waals surface area contributed by atoms with Gasteiger partial charge in [-0.1, -0.05) is 0 Å². The molecule has 8 heteroatoms. The van der Waals surface area contributed by atoms with E-state index in [9.17, 15) is 9.59 Å². The lowest BCUT2D eigenvalue weighted by Gasteiger charge is -2.35. The molecule has 0 saturated carbocycles. The molecule has 2 aromatic rings. The molecule has 1 unspecified atom stereocenters. The number of hydrogen-bond donors (Lipinski definition) is 0. The van der Waals surface area contributed by atoms with Crippen molar-refractivity contribution in [1.29, 1.82) is 0 Å². The first-order valence-electron chi connectivity index (χ1n) is 10.2. The topological polar surface area (TPSA) is 76.3 Å². The molecule has 2 saturated heterocycles. The second-order valence-electron chi connectivity index (χ2n) is 7.91. The number of rotatable bonds is 5. The van der Waals surface area contributed by atoms with Gasteiger partial charge in [0.1, 0.15) is 0 Å². The highest BCUT2D eigenvalue weighted by atomic mass is 16.2. The minimum atomic E-state index is -0.0682. The molecule has 0 aromatic carbocycles. The highest BCUT2D eigenvalue weighted by Gasteiger charge is 2.29. The Morgan fingerprint density at radius 3 is 2.68 bits per heavy atom. The van der Waals surface area contributed by atoms with Crippen molar-refractivity contribution in [2.45, 2.75) is 45.2 Å². The van der Waals surface area contributed by atoms with Gasteiger partial charge in [0.2, 0.25) is 5.91 Å². The van der Waals surface area contributed by atoms with Gasteiger partial charge in [-0.15, -0.1) is 5.10 Å². The fourth-order valence-electron chi connectivity index (χ4n) is 4.43. The SMILES string of the molecule is CC(=O)N1CCCC1CN1CCC(Cn2nc(-n3cccn3)ccc2=O)CC1. The van der Waals surface area contributed by atoms with E-state index in [2.05, 4.69) is 15.1 Å². The van der Waals surface area contributed by atoms with E-state index in [1.165, 1.54) is 0 Å². The maximum atomic E-state index is 12.2. The van der Waals surface area contributed by atoms with Crippen LogP contribution in [0, 0.1) is 5.92 Å². The summed E-state index contributed by atoms with van der Waals surface area (Å²) < 4.78 is 3.24. The highest BCUT2D eigenvalue weighted by molar-refractivity contribution is 5.73. The van der Waals surface area contributed by atoms with Gasteiger partial charge in [-0.05, 0) is 56.8 Å². The number of piperidine rings is 1. The summed E-state index contributed by atoms with van der Waals surface area (Å²) in [7, 11) is 0. The summed E-state index contributed by atoms with van der Waals surface area (Å²) in [5, 5.41) is 8.67. The van der Waals surface area contributed by atoms with Crippen molar-refractivity contribution in [3.05, 3.63) is 40.9 Å². The number of amides is 1. The summed E-state index contributed by atoms with van der Waals surface area (Å²) >= 11 is 0. The second-order valence-corrected chi connectivity index (χ2v) is 7.91. The fourth-order valence-corrected chi connectivity index (χ4v) is 4.43. The van der Waals surface area contributed by atoms with Crippen LogP contribution in [0.1, 0.15) is 32.6 Å². The Labute approximate surface area is 164 Å². The van der Waals surface area contributed by atoms with E-state index in [0.29, 0.717) is 24.3 Å². The van der Waals surface area contributed by atoms with Crippen molar-refractivity contribution in [1.82, 2.24) is 29.4 Å². The van der Waals surface area contributed by atoms with Crippen molar-refractivity contribution in [2.75, 3.05) is 26.2 Å². The van der Waals surface area contributed by atoms with Crippen LogP contribution in [0.5, 0.6) is 0 Å². The van der Waals surface area contributed by atoms with Gasteiger partial charge < -0.3 is 9.80 Å². The summed E-state index contributed by atoms with van der Waals surface area (Å²) in [5.41, 5.74) is -0.0682. The van der Waals surface area contributed by atoms with Crippen LogP contribution < -0.4 is 5.56 Å². The third-order valence-electron chi connectivity index (χ3n) is 5.98. The summed E-state index contributed by atoms with van der Waals surface area (Å²) in [5.74, 6) is 1.30. The Hall–Kier alpha value is -2.48. The molecule has 2 aliphatic rings. The quantitative estimate of drug-likeness (QED) is 0.773. The monoisotopic (exact) mass is 384 g/mol. The molecular weight excluding hydrogens is 356 g/mol. The zero-order valence-corrected chi connectivity index (χ0v) is 16.4. The van der Waals surface area contributed by atoms with Crippen LogP contribution in [0.4, 0.5) is 0 Å². The average Bonchev–Trinajstić information content (AvgIpc) is 3.37. The first-order chi connectivity index (χ1) is 13.6. The molecular formula is C20H28N6O2. The van der Waals surface area contributed by atoms with Crippen molar-refractivity contribution >= 4 is 5.91 Å². The van der Waals surface area contributed by atoms with Gasteiger partial charge in [0.15, 0.2) is 5.82 Å². The maximum absolute atomic E-state index is 12.2. The Kier molecular flexibility index (Phi) is 5.57. The number of nitrogens with zero attached hydrogens (tertiary/aromatic N) is 6. The van der Waals surface area contributed by atoms with Gasteiger partial charge in [-0.3, -0.25) is 9.59 Å². The molecule has 150 valence electrons. The van der Waals surface area contributed by atoms with E-state index >= 15 is 0 Å². The average molecular weight is 384 g/mol.